The summed E-state index contributed by atoms with van der Waals surface area (Å²) in [6.07, 6.45) is -7.20. The van der Waals surface area contributed by atoms with Crippen molar-refractivity contribution in [3.05, 3.63) is 35.9 Å². The summed E-state index contributed by atoms with van der Waals surface area (Å²) in [5, 5.41) is 85.2. The normalized spacial score (nSPS) is 14.8. The molecule has 0 bridgehead atoms. The lowest BCUT2D eigenvalue weighted by molar-refractivity contribution is -0.142. The van der Waals surface area contributed by atoms with E-state index in [1.54, 1.807) is 58.0 Å². The van der Waals surface area contributed by atoms with Crippen LogP contribution in [0.3, 0.4) is 0 Å². The Morgan fingerprint density at radius 1 is 0.453 bits per heavy atom. The van der Waals surface area contributed by atoms with Gasteiger partial charge in [0.25, 0.3) is 0 Å². The summed E-state index contributed by atoms with van der Waals surface area (Å²) in [5.74, 6) is -23.0. The number of carbonyl (C=O) groups excluding carboxylic acids is 13. The quantitative estimate of drug-likeness (QED) is 0.0270. The molecule has 1 aromatic carbocycles. The first-order chi connectivity index (χ1) is 44.3. The Balaban J connectivity index is 3.24. The van der Waals surface area contributed by atoms with Gasteiger partial charge in [0.1, 0.15) is 60.4 Å². The summed E-state index contributed by atoms with van der Waals surface area (Å²) < 4.78 is 0. The molecule has 0 unspecified atom stereocenters. The third-order valence-electron chi connectivity index (χ3n) is 13.7. The Hall–Kier alpha value is -9.56. The number of nitrogens with one attached hydrogen (secondary N) is 12. The second-order valence-electron chi connectivity index (χ2n) is 22.9. The molecule has 530 valence electrons. The molecule has 12 atom stereocenters. The molecule has 22 N–H and O–H groups in total. The van der Waals surface area contributed by atoms with Gasteiger partial charge in [0.2, 0.25) is 76.8 Å². The lowest BCUT2D eigenvalue weighted by Crippen LogP contribution is -2.62. The highest BCUT2D eigenvalue weighted by Crippen LogP contribution is 2.12. The van der Waals surface area contributed by atoms with Crippen LogP contribution in [0, 0.1) is 17.8 Å². The van der Waals surface area contributed by atoms with Crippen molar-refractivity contribution < 1.29 is 112 Å². The molecule has 1 aromatic rings. The zero-order chi connectivity index (χ0) is 72.6. The molecular weight excluding hydrogens is 1280 g/mol. The van der Waals surface area contributed by atoms with E-state index in [0.29, 0.717) is 5.56 Å². The highest BCUT2D eigenvalue weighted by molar-refractivity contribution is 7.80. The van der Waals surface area contributed by atoms with Gasteiger partial charge in [-0.15, -0.1) is 0 Å². The smallest absolute Gasteiger partial charge is 0.326 e. The number of carbonyl (C=O) groups is 17. The number of aliphatic carboxylic acids is 4. The lowest BCUT2D eigenvalue weighted by atomic mass is 9.99. The highest BCUT2D eigenvalue weighted by atomic mass is 32.1. The van der Waals surface area contributed by atoms with Gasteiger partial charge in [-0.2, -0.15) is 12.6 Å². The van der Waals surface area contributed by atoms with E-state index in [1.165, 1.54) is 13.8 Å². The van der Waals surface area contributed by atoms with Crippen LogP contribution in [0.4, 0.5) is 0 Å². The number of aliphatic hydroxyl groups excluding tert-OH is 2. The number of carboxylic acids is 4. The Morgan fingerprint density at radius 2 is 0.863 bits per heavy atom. The largest absolute Gasteiger partial charge is 0.481 e. The zero-order valence-corrected chi connectivity index (χ0v) is 54.2. The molecule has 95 heavy (non-hydrogen) atoms. The van der Waals surface area contributed by atoms with Crippen LogP contribution in [-0.2, 0) is 87.9 Å². The van der Waals surface area contributed by atoms with Crippen LogP contribution >= 0.6 is 12.6 Å². The first kappa shape index (κ1) is 83.5. The number of hydrogen-bond donors (Lipinski definition) is 21. The minimum absolute atomic E-state index is 0.100. The molecule has 1 rings (SSSR count). The predicted molar refractivity (Wildman–Crippen MR) is 333 cm³/mol. The van der Waals surface area contributed by atoms with Crippen molar-refractivity contribution in [1.82, 2.24) is 63.8 Å². The number of hydrogen-bond acceptors (Lipinski definition) is 21. The average Bonchev–Trinajstić information content (AvgIpc) is 0.891. The summed E-state index contributed by atoms with van der Waals surface area (Å²) in [5.41, 5.74) is 11.9. The fourth-order valence-corrected chi connectivity index (χ4v) is 8.70. The maximum atomic E-state index is 13.8. The minimum atomic E-state index is -2.10. The van der Waals surface area contributed by atoms with Gasteiger partial charge in [0, 0.05) is 25.0 Å². The minimum Gasteiger partial charge on any atom is -0.481 e. The fraction of sp³-hybridized carbons (Fsp3) is 0.596. The molecule has 0 aliphatic carbocycles. The van der Waals surface area contributed by atoms with Crippen molar-refractivity contribution in [2.75, 3.05) is 25.4 Å². The molecule has 0 saturated heterocycles. The average molecular weight is 1370 g/mol. The monoisotopic (exact) mass is 1370 g/mol. The second-order valence-corrected chi connectivity index (χ2v) is 23.3. The van der Waals surface area contributed by atoms with Gasteiger partial charge >= 0.3 is 23.9 Å². The van der Waals surface area contributed by atoms with Crippen molar-refractivity contribution in [1.29, 1.82) is 0 Å². The number of thiol groups is 1. The number of carboxylic acid groups (broad SMARTS) is 4. The zero-order valence-electron chi connectivity index (χ0n) is 53.3. The van der Waals surface area contributed by atoms with E-state index < -0.39 is 243 Å². The van der Waals surface area contributed by atoms with Gasteiger partial charge in [-0.05, 0) is 49.5 Å². The van der Waals surface area contributed by atoms with Crippen LogP contribution in [0.1, 0.15) is 99.0 Å². The second kappa shape index (κ2) is 41.9. The SMILES string of the molecule is CC(C)C[C@H](NC(=O)[C@H](CC(N)=O)NC(=O)[C@@H](NC(=O)[C@H](CS)NC(=O)CNC(=O)[C@H](CCC(=O)O)NC(=O)[C@H](CC(=O)O)NC(=O)[C@H](CCC(=O)O)NC(=O)[C@@H](NC(=O)[C@@H](N)C(C)C)C(C)C)[C@@H](C)O)C(=O)N[C@@H](CO)C(=O)NCC(=O)N[C@@H](Cc1ccccc1)C(=O)O. The maximum Gasteiger partial charge on any atom is 0.326 e. The van der Waals surface area contributed by atoms with Crippen molar-refractivity contribution in [2.45, 2.75) is 172 Å². The highest BCUT2D eigenvalue weighted by Gasteiger charge is 2.38. The number of amides is 13. The van der Waals surface area contributed by atoms with Crippen molar-refractivity contribution >= 4 is 113 Å². The van der Waals surface area contributed by atoms with Gasteiger partial charge in [-0.3, -0.25) is 76.7 Å². The van der Waals surface area contributed by atoms with Gasteiger partial charge in [-0.1, -0.05) is 71.9 Å². The molecule has 0 aliphatic rings. The Bertz CT molecular complexity index is 2900. The number of benzene rings is 1. The summed E-state index contributed by atoms with van der Waals surface area (Å²) in [4.78, 5) is 220. The Kier molecular flexibility index (Phi) is 36.8. The van der Waals surface area contributed by atoms with Crippen molar-refractivity contribution in [2.24, 2.45) is 29.2 Å². The standard InChI is InChI=1S/C57H88N14O23S/c1-25(2)17-32(50(86)69-36(23-72)48(84)61-21-39(75)62-35(57(93)94)18-29-11-9-8-10-12-29)66-51(87)33(19-38(58)74)68-56(92)46(28(7)73)71-53(89)37(24-95)63-40(76)22-60-47(83)30(13-15-41(77)78)64-52(88)34(20-43(81)82)67-49(85)31(14-16-42(79)80)65-55(91)45(27(5)6)70-54(90)44(59)26(3)4/h8-12,25-28,30-37,44-46,72-73,95H,13-24,59H2,1-7H3,(H2,58,74)(H,60,83)(H,61,84)(H,62,75)(H,63,76)(H,64,88)(H,65,91)(H,66,87)(H,67,85)(H,68,92)(H,69,86)(H,70,90)(H,71,89)(H,77,78)(H,79,80)(H,81,82)(H,93,94)/t28-,30+,31+,32+,33+,34+,35+,36+,37+,44+,45+,46+/m1/s1. The number of primary amides is 1. The van der Waals surface area contributed by atoms with Gasteiger partial charge < -0.3 is 106 Å². The summed E-state index contributed by atoms with van der Waals surface area (Å²) in [7, 11) is 0. The van der Waals surface area contributed by atoms with E-state index in [9.17, 15) is 112 Å². The summed E-state index contributed by atoms with van der Waals surface area (Å²) in [6.45, 7) is 7.71. The molecule has 13 amide bonds. The van der Waals surface area contributed by atoms with Crippen molar-refractivity contribution in [3.63, 3.8) is 0 Å². The Morgan fingerprint density at radius 3 is 1.32 bits per heavy atom. The molecule has 0 heterocycles. The summed E-state index contributed by atoms with van der Waals surface area (Å²) in [6, 6.07) is -10.2. The predicted octanol–water partition coefficient (Wildman–Crippen LogP) is -7.54. The summed E-state index contributed by atoms with van der Waals surface area (Å²) >= 11 is 4.04. The maximum absolute atomic E-state index is 13.8. The van der Waals surface area contributed by atoms with E-state index in [-0.39, 0.29) is 24.7 Å². The topological polar surface area (TPSA) is 608 Å². The molecule has 0 spiro atoms. The van der Waals surface area contributed by atoms with E-state index in [1.807, 2.05) is 0 Å². The van der Waals surface area contributed by atoms with E-state index >= 15 is 0 Å². The van der Waals surface area contributed by atoms with Gasteiger partial charge in [-0.25, -0.2) is 4.79 Å². The van der Waals surface area contributed by atoms with Crippen LogP contribution in [-0.4, -0.2) is 229 Å². The number of nitrogens with two attached hydrogens (primary N) is 2. The van der Waals surface area contributed by atoms with E-state index in [4.69, 9.17) is 11.5 Å². The van der Waals surface area contributed by atoms with Crippen molar-refractivity contribution in [3.8, 4) is 0 Å². The van der Waals surface area contributed by atoms with Crippen LogP contribution in [0.2, 0.25) is 0 Å². The molecule has 0 fully saturated rings. The molecule has 0 aliphatic heterocycles. The van der Waals surface area contributed by atoms with Gasteiger partial charge in [0.15, 0.2) is 0 Å². The van der Waals surface area contributed by atoms with Gasteiger partial charge in [0.05, 0.1) is 44.7 Å². The van der Waals surface area contributed by atoms with Crippen LogP contribution in [0.25, 0.3) is 0 Å². The Labute approximate surface area is 550 Å². The fourth-order valence-electron chi connectivity index (χ4n) is 8.44. The van der Waals surface area contributed by atoms with Crippen LogP contribution in [0.15, 0.2) is 30.3 Å². The number of aliphatic hydroxyl groups is 2. The molecule has 37 nitrogen and oxygen atoms in total. The lowest BCUT2D eigenvalue weighted by Gasteiger charge is -2.28. The number of rotatable bonds is 44. The third kappa shape index (κ3) is 31.8. The molecular formula is C57H88N14O23S. The van der Waals surface area contributed by atoms with Crippen LogP contribution < -0.4 is 75.3 Å². The van der Waals surface area contributed by atoms with E-state index in [0.717, 1.165) is 6.92 Å². The first-order valence-corrected chi connectivity index (χ1v) is 30.4. The molecule has 0 radical (unpaired) electrons. The molecule has 0 aromatic heterocycles. The molecule has 38 heteroatoms. The first-order valence-electron chi connectivity index (χ1n) is 29.7. The third-order valence-corrected chi connectivity index (χ3v) is 14.1. The van der Waals surface area contributed by atoms with Crippen LogP contribution in [0.5, 0.6) is 0 Å². The molecule has 0 saturated carbocycles. The van der Waals surface area contributed by atoms with E-state index in [2.05, 4.69) is 76.4 Å².